The smallest absolute Gasteiger partial charge is 0.410 e. The van der Waals surface area contributed by atoms with E-state index >= 15 is 0 Å². The molecule has 42 heavy (non-hydrogen) atoms. The molecular weight excluding hydrogens is 528 g/mol. The third-order valence-electron chi connectivity index (χ3n) is 7.19. The van der Waals surface area contributed by atoms with Gasteiger partial charge >= 0.3 is 12.2 Å². The van der Waals surface area contributed by atoms with Crippen LogP contribution < -0.4 is 20.1 Å². The molecule has 0 aromatic heterocycles. The van der Waals surface area contributed by atoms with Gasteiger partial charge in [0.15, 0.2) is 0 Å². The van der Waals surface area contributed by atoms with E-state index in [1.807, 2.05) is 48.5 Å². The fraction of sp³-hybridized carbons (Fsp3) is 0.588. The second-order valence-corrected chi connectivity index (χ2v) is 11.7. The summed E-state index contributed by atoms with van der Waals surface area (Å²) in [5.74, 6) is 1.19. The van der Waals surface area contributed by atoms with Crippen LogP contribution >= 0.6 is 0 Å². The van der Waals surface area contributed by atoms with E-state index in [9.17, 15) is 9.59 Å². The summed E-state index contributed by atoms with van der Waals surface area (Å²) in [6.45, 7) is 6.59. The zero-order valence-electron chi connectivity index (χ0n) is 26.9. The largest absolute Gasteiger partial charge is 0.414 e. The third-order valence-corrected chi connectivity index (χ3v) is 7.19. The fourth-order valence-corrected chi connectivity index (χ4v) is 4.90. The van der Waals surface area contributed by atoms with E-state index in [2.05, 4.69) is 31.4 Å². The third kappa shape index (κ3) is 13.3. The van der Waals surface area contributed by atoms with Gasteiger partial charge in [0.2, 0.25) is 0 Å². The molecule has 2 N–H and O–H groups in total. The monoisotopic (exact) mass is 582 g/mol. The molecule has 0 aliphatic rings. The Kier molecular flexibility index (Phi) is 16.0. The maximum Gasteiger partial charge on any atom is 0.414 e. The Morgan fingerprint density at radius 3 is 1.50 bits per heavy atom. The summed E-state index contributed by atoms with van der Waals surface area (Å²) in [7, 11) is 6.73. The van der Waals surface area contributed by atoms with Gasteiger partial charge in [-0.2, -0.15) is 0 Å². The number of ether oxygens (including phenoxy) is 2. The quantitative estimate of drug-likeness (QED) is 0.145. The van der Waals surface area contributed by atoms with E-state index in [1.54, 1.807) is 28.2 Å². The molecule has 0 heterocycles. The van der Waals surface area contributed by atoms with Crippen molar-refractivity contribution in [3.8, 4) is 11.5 Å². The number of hydrogen-bond donors (Lipinski definition) is 2. The van der Waals surface area contributed by atoms with E-state index in [1.165, 1.54) is 48.3 Å². The van der Waals surface area contributed by atoms with Crippen LogP contribution in [0.25, 0.3) is 0 Å². The summed E-state index contributed by atoms with van der Waals surface area (Å²) in [6, 6.07) is 15.8. The second kappa shape index (κ2) is 19.2. The average molecular weight is 583 g/mol. The Bertz CT molecular complexity index is 1000. The summed E-state index contributed by atoms with van der Waals surface area (Å²) in [6.07, 6.45) is 10.6. The Morgan fingerprint density at radius 1 is 0.667 bits per heavy atom. The lowest BCUT2D eigenvalue weighted by Gasteiger charge is -2.28. The first-order valence-corrected chi connectivity index (χ1v) is 15.6. The van der Waals surface area contributed by atoms with Crippen molar-refractivity contribution in [1.82, 2.24) is 20.4 Å². The number of nitrogens with one attached hydrogen (secondary N) is 2. The molecule has 8 nitrogen and oxygen atoms in total. The molecule has 2 aromatic rings. The minimum Gasteiger partial charge on any atom is -0.410 e. The van der Waals surface area contributed by atoms with Crippen LogP contribution in [0.3, 0.4) is 0 Å². The first-order chi connectivity index (χ1) is 20.1. The first-order valence-electron chi connectivity index (χ1n) is 15.6. The molecule has 2 atom stereocenters. The molecule has 0 aliphatic heterocycles. The number of nitrogens with zero attached hydrogens (tertiary/aromatic N) is 2. The van der Waals surface area contributed by atoms with Crippen LogP contribution in [-0.4, -0.2) is 68.4 Å². The lowest BCUT2D eigenvalue weighted by atomic mass is 10.0. The molecular formula is C34H54N4O4. The average Bonchev–Trinajstić information content (AvgIpc) is 2.94. The number of carbonyl (C=O) groups excluding carboxylic acids is 2. The van der Waals surface area contributed by atoms with Gasteiger partial charge in [0, 0.05) is 40.3 Å². The minimum atomic E-state index is -0.382. The van der Waals surface area contributed by atoms with Gasteiger partial charge in [0.05, 0.1) is 6.17 Å². The molecule has 0 saturated carbocycles. The van der Waals surface area contributed by atoms with E-state index in [-0.39, 0.29) is 30.4 Å². The van der Waals surface area contributed by atoms with E-state index < -0.39 is 0 Å². The summed E-state index contributed by atoms with van der Waals surface area (Å²) in [4.78, 5) is 27.3. The van der Waals surface area contributed by atoms with Crippen molar-refractivity contribution in [3.63, 3.8) is 0 Å². The maximum atomic E-state index is 12.2. The maximum absolute atomic E-state index is 12.2. The number of hydrogen-bond acceptors (Lipinski definition) is 6. The van der Waals surface area contributed by atoms with E-state index in [0.717, 1.165) is 36.8 Å². The minimum absolute atomic E-state index is 0.110. The van der Waals surface area contributed by atoms with Gasteiger partial charge < -0.3 is 19.3 Å². The van der Waals surface area contributed by atoms with Gasteiger partial charge in [0.1, 0.15) is 11.5 Å². The molecule has 234 valence electrons. The van der Waals surface area contributed by atoms with Crippen molar-refractivity contribution in [2.45, 2.75) is 103 Å². The molecule has 2 aromatic carbocycles. The van der Waals surface area contributed by atoms with Crippen molar-refractivity contribution in [2.24, 2.45) is 0 Å². The molecule has 2 amide bonds. The highest BCUT2D eigenvalue weighted by atomic mass is 16.6. The summed E-state index contributed by atoms with van der Waals surface area (Å²) < 4.78 is 11.2. The van der Waals surface area contributed by atoms with Crippen molar-refractivity contribution in [2.75, 3.05) is 28.2 Å². The highest BCUT2D eigenvalue weighted by molar-refractivity contribution is 5.71. The zero-order valence-corrected chi connectivity index (χ0v) is 26.9. The van der Waals surface area contributed by atoms with Gasteiger partial charge in [-0.1, -0.05) is 88.3 Å². The van der Waals surface area contributed by atoms with Crippen LogP contribution in [0.5, 0.6) is 11.5 Å². The van der Waals surface area contributed by atoms with Crippen LogP contribution in [0, 0.1) is 0 Å². The lowest BCUT2D eigenvalue weighted by Crippen LogP contribution is -2.50. The molecule has 0 spiro atoms. The standard InChI is InChI=1S/C34H54N4O4/c1-8-9-10-11-12-13-14-23-32(35-26(2)24-28-19-15-17-21-30(28)41-33(39)37(4)5)36-27(3)25-29-20-16-18-22-31(29)42-34(40)38(6)7/h15-22,26-27,32,35-36H,8-14,23-25H2,1-7H3. The molecule has 0 fully saturated rings. The summed E-state index contributed by atoms with van der Waals surface area (Å²) in [5, 5.41) is 7.61. The lowest BCUT2D eigenvalue weighted by molar-refractivity contribution is 0.170. The topological polar surface area (TPSA) is 83.1 Å². The Hall–Kier alpha value is -3.10. The van der Waals surface area contributed by atoms with Crippen LogP contribution in [0.4, 0.5) is 9.59 Å². The number of benzene rings is 2. The van der Waals surface area contributed by atoms with E-state index in [0.29, 0.717) is 11.5 Å². The van der Waals surface area contributed by atoms with Gasteiger partial charge in [0.25, 0.3) is 0 Å². The van der Waals surface area contributed by atoms with Crippen LogP contribution in [-0.2, 0) is 12.8 Å². The van der Waals surface area contributed by atoms with E-state index in [4.69, 9.17) is 9.47 Å². The fourth-order valence-electron chi connectivity index (χ4n) is 4.90. The van der Waals surface area contributed by atoms with Crippen LogP contribution in [0.15, 0.2) is 48.5 Å². The Labute approximate surface area is 254 Å². The predicted octanol–water partition coefficient (Wildman–Crippen LogP) is 7.02. The molecule has 2 rings (SSSR count). The summed E-state index contributed by atoms with van der Waals surface area (Å²) in [5.41, 5.74) is 1.99. The number of rotatable bonds is 18. The van der Waals surface area contributed by atoms with Crippen molar-refractivity contribution in [1.29, 1.82) is 0 Å². The number of amides is 2. The van der Waals surface area contributed by atoms with Crippen molar-refractivity contribution in [3.05, 3.63) is 59.7 Å². The molecule has 2 unspecified atom stereocenters. The van der Waals surface area contributed by atoms with Crippen molar-refractivity contribution >= 4 is 12.2 Å². The van der Waals surface area contributed by atoms with Gasteiger partial charge in [-0.05, 0) is 56.4 Å². The number of unbranched alkanes of at least 4 members (excludes halogenated alkanes) is 6. The van der Waals surface area contributed by atoms with Crippen molar-refractivity contribution < 1.29 is 19.1 Å². The SMILES string of the molecule is CCCCCCCCCC(NC(C)Cc1ccccc1OC(=O)N(C)C)NC(C)Cc1ccccc1OC(=O)N(C)C. The number of carbonyl (C=O) groups is 2. The molecule has 0 saturated heterocycles. The van der Waals surface area contributed by atoms with Crippen LogP contribution in [0.2, 0.25) is 0 Å². The Morgan fingerprint density at radius 2 is 1.07 bits per heavy atom. The van der Waals surface area contributed by atoms with Gasteiger partial charge in [-0.25, -0.2) is 9.59 Å². The number of para-hydroxylation sites is 2. The predicted molar refractivity (Wildman–Crippen MR) is 171 cm³/mol. The van der Waals surface area contributed by atoms with Gasteiger partial charge in [-0.15, -0.1) is 0 Å². The summed E-state index contributed by atoms with van der Waals surface area (Å²) >= 11 is 0. The molecule has 0 bridgehead atoms. The highest BCUT2D eigenvalue weighted by Gasteiger charge is 2.19. The van der Waals surface area contributed by atoms with Crippen LogP contribution in [0.1, 0.15) is 83.3 Å². The zero-order chi connectivity index (χ0) is 30.9. The second-order valence-electron chi connectivity index (χ2n) is 11.7. The normalized spacial score (nSPS) is 13.2. The van der Waals surface area contributed by atoms with Gasteiger partial charge in [-0.3, -0.25) is 10.6 Å². The molecule has 0 aliphatic carbocycles. The highest BCUT2D eigenvalue weighted by Crippen LogP contribution is 2.22. The Balaban J connectivity index is 2.06. The molecule has 0 radical (unpaired) electrons. The first kappa shape index (κ1) is 35.1. The molecule has 8 heteroatoms.